The smallest absolute Gasteiger partial charge is 0.258 e. The first-order valence-corrected chi connectivity index (χ1v) is 12.5. The van der Waals surface area contributed by atoms with Gasteiger partial charge in [0, 0.05) is 23.7 Å². The van der Waals surface area contributed by atoms with Crippen molar-refractivity contribution in [2.75, 3.05) is 5.32 Å². The minimum absolute atomic E-state index is 0.202. The maximum atomic E-state index is 13.1. The molecule has 0 aliphatic rings. The maximum Gasteiger partial charge on any atom is 0.258 e. The summed E-state index contributed by atoms with van der Waals surface area (Å²) in [6.07, 6.45) is 3.71. The molecule has 0 fully saturated rings. The van der Waals surface area contributed by atoms with E-state index in [2.05, 4.69) is 44.9 Å². The number of hydrogen-bond acceptors (Lipinski definition) is 6. The van der Waals surface area contributed by atoms with Crippen LogP contribution in [0.15, 0.2) is 102 Å². The Kier molecular flexibility index (Phi) is 6.78. The van der Waals surface area contributed by atoms with E-state index < -0.39 is 0 Å². The highest BCUT2D eigenvalue weighted by Gasteiger charge is 2.15. The van der Waals surface area contributed by atoms with Crippen LogP contribution in [0.5, 0.6) is 0 Å². The van der Waals surface area contributed by atoms with Gasteiger partial charge >= 0.3 is 0 Å². The molecule has 3 aromatic carbocycles. The third-order valence-electron chi connectivity index (χ3n) is 5.17. The molecule has 168 valence electrons. The Labute approximate surface area is 205 Å². The molecule has 0 atom stereocenters. The molecule has 0 aliphatic heterocycles. The molecule has 6 nitrogen and oxygen atoms in total. The van der Waals surface area contributed by atoms with E-state index in [9.17, 15) is 4.79 Å². The molecule has 5 rings (SSSR count). The van der Waals surface area contributed by atoms with Gasteiger partial charge in [-0.15, -0.1) is 10.2 Å². The summed E-state index contributed by atoms with van der Waals surface area (Å²) >= 11 is 2.99. The van der Waals surface area contributed by atoms with Crippen LogP contribution in [0, 0.1) is 0 Å². The summed E-state index contributed by atoms with van der Waals surface area (Å²) in [5, 5.41) is 16.0. The van der Waals surface area contributed by atoms with Crippen molar-refractivity contribution in [1.82, 2.24) is 20.0 Å². The summed E-state index contributed by atoms with van der Waals surface area (Å²) in [6, 6.07) is 27.9. The van der Waals surface area contributed by atoms with Gasteiger partial charge in [0.25, 0.3) is 5.91 Å². The molecule has 0 saturated carbocycles. The van der Waals surface area contributed by atoms with E-state index in [0.717, 1.165) is 26.8 Å². The minimum atomic E-state index is -0.202. The second kappa shape index (κ2) is 10.5. The normalized spacial score (nSPS) is 10.8. The Balaban J connectivity index is 1.27. The van der Waals surface area contributed by atoms with Crippen LogP contribution in [0.1, 0.15) is 21.5 Å². The van der Waals surface area contributed by atoms with Crippen molar-refractivity contribution >= 4 is 34.1 Å². The zero-order valence-corrected chi connectivity index (χ0v) is 19.8. The zero-order valence-electron chi connectivity index (χ0n) is 18.2. The lowest BCUT2D eigenvalue weighted by atomic mass is 9.98. The summed E-state index contributed by atoms with van der Waals surface area (Å²) in [6.45, 7) is 0.705. The van der Waals surface area contributed by atoms with E-state index in [1.807, 2.05) is 71.5 Å². The molecule has 2 heterocycles. The largest absolute Gasteiger partial charge is 0.296 e. The molecule has 0 bridgehead atoms. The van der Waals surface area contributed by atoms with Gasteiger partial charge in [-0.25, -0.2) is 0 Å². The van der Waals surface area contributed by atoms with Crippen LogP contribution in [0.4, 0.5) is 5.13 Å². The van der Waals surface area contributed by atoms with Crippen LogP contribution in [-0.2, 0) is 12.3 Å². The van der Waals surface area contributed by atoms with Crippen molar-refractivity contribution in [1.29, 1.82) is 0 Å². The Morgan fingerprint density at radius 1 is 0.882 bits per heavy atom. The van der Waals surface area contributed by atoms with Crippen LogP contribution in [0.2, 0.25) is 0 Å². The van der Waals surface area contributed by atoms with Crippen molar-refractivity contribution in [2.45, 2.75) is 16.6 Å². The van der Waals surface area contributed by atoms with Crippen molar-refractivity contribution < 1.29 is 4.79 Å². The summed E-state index contributed by atoms with van der Waals surface area (Å²) in [5.41, 5.74) is 4.80. The molecule has 34 heavy (non-hydrogen) atoms. The summed E-state index contributed by atoms with van der Waals surface area (Å²) < 4.78 is 2.70. The summed E-state index contributed by atoms with van der Waals surface area (Å²) in [7, 11) is 0. The fourth-order valence-corrected chi connectivity index (χ4v) is 5.21. The van der Waals surface area contributed by atoms with Gasteiger partial charge in [0.15, 0.2) is 4.34 Å². The number of carbonyl (C=O) groups is 1. The molecule has 0 unspecified atom stereocenters. The molecule has 0 spiro atoms. The Hall–Kier alpha value is -3.75. The fraction of sp³-hybridized carbons (Fsp3) is 0.0769. The summed E-state index contributed by atoms with van der Waals surface area (Å²) in [4.78, 5) is 13.1. The number of amides is 1. The van der Waals surface area contributed by atoms with Gasteiger partial charge < -0.3 is 0 Å². The first kappa shape index (κ1) is 22.1. The third-order valence-corrected chi connectivity index (χ3v) is 7.22. The van der Waals surface area contributed by atoms with Crippen molar-refractivity contribution in [3.63, 3.8) is 0 Å². The Bertz CT molecular complexity index is 1370. The first-order chi connectivity index (χ1) is 16.7. The van der Waals surface area contributed by atoms with E-state index in [0.29, 0.717) is 17.2 Å². The van der Waals surface area contributed by atoms with Crippen molar-refractivity contribution in [3.8, 4) is 11.1 Å². The first-order valence-electron chi connectivity index (χ1n) is 10.7. The number of benzene rings is 3. The molecular formula is C26H21N5OS2. The van der Waals surface area contributed by atoms with Crippen LogP contribution >= 0.6 is 23.1 Å². The number of aromatic nitrogens is 4. The van der Waals surface area contributed by atoms with E-state index in [-0.39, 0.29) is 5.91 Å². The van der Waals surface area contributed by atoms with Crippen LogP contribution in [0.3, 0.4) is 0 Å². The number of nitrogens with zero attached hydrogens (tertiary/aromatic N) is 4. The molecule has 2 aromatic heterocycles. The van der Waals surface area contributed by atoms with Gasteiger partial charge in [-0.3, -0.25) is 14.8 Å². The highest BCUT2D eigenvalue weighted by atomic mass is 32.2. The van der Waals surface area contributed by atoms with Crippen molar-refractivity contribution in [3.05, 3.63) is 114 Å². The van der Waals surface area contributed by atoms with Gasteiger partial charge in [0.05, 0.1) is 6.54 Å². The predicted octanol–water partition coefficient (Wildman–Crippen LogP) is 5.99. The summed E-state index contributed by atoms with van der Waals surface area (Å²) in [5.74, 6) is 0.606. The number of nitrogens with one attached hydrogen (secondary N) is 1. The molecule has 0 aliphatic carbocycles. The van der Waals surface area contributed by atoms with Gasteiger partial charge in [0.1, 0.15) is 0 Å². The molecule has 0 radical (unpaired) electrons. The van der Waals surface area contributed by atoms with E-state index in [1.54, 1.807) is 18.0 Å². The van der Waals surface area contributed by atoms with Gasteiger partial charge in [0.2, 0.25) is 5.13 Å². The highest BCUT2D eigenvalue weighted by Crippen LogP contribution is 2.30. The Morgan fingerprint density at radius 3 is 2.47 bits per heavy atom. The number of carbonyl (C=O) groups excluding carboxylic acids is 1. The standard InChI is InChI=1S/C26H21N5OS2/c32-24(28-25-29-30-26(34-25)33-18-20-7-2-1-3-8-20)23-10-5-4-9-22(23)21-13-11-19(12-14-21)17-31-16-6-15-27-31/h1-16H,17-18H2,(H,28,29,32). The second-order valence-electron chi connectivity index (χ2n) is 7.55. The minimum Gasteiger partial charge on any atom is -0.296 e. The van der Waals surface area contributed by atoms with Crippen LogP contribution in [-0.4, -0.2) is 25.9 Å². The lowest BCUT2D eigenvalue weighted by Gasteiger charge is -2.10. The maximum absolute atomic E-state index is 13.1. The topological polar surface area (TPSA) is 72.7 Å². The highest BCUT2D eigenvalue weighted by molar-refractivity contribution is 8.00. The molecule has 0 saturated heterocycles. The van der Waals surface area contributed by atoms with Gasteiger partial charge in [-0.1, -0.05) is 95.9 Å². The molecule has 1 N–H and O–H groups in total. The number of hydrogen-bond donors (Lipinski definition) is 1. The predicted molar refractivity (Wildman–Crippen MR) is 137 cm³/mol. The number of rotatable bonds is 8. The molecular weight excluding hydrogens is 462 g/mol. The lowest BCUT2D eigenvalue weighted by molar-refractivity contribution is 0.102. The van der Waals surface area contributed by atoms with Crippen molar-refractivity contribution in [2.24, 2.45) is 0 Å². The molecule has 1 amide bonds. The lowest BCUT2D eigenvalue weighted by Crippen LogP contribution is -2.13. The third kappa shape index (κ3) is 5.41. The van der Waals surface area contributed by atoms with E-state index in [4.69, 9.17) is 0 Å². The van der Waals surface area contributed by atoms with Gasteiger partial charge in [-0.05, 0) is 34.4 Å². The second-order valence-corrected chi connectivity index (χ2v) is 9.75. The van der Waals surface area contributed by atoms with Gasteiger partial charge in [-0.2, -0.15) is 5.10 Å². The van der Waals surface area contributed by atoms with E-state index in [1.165, 1.54) is 16.9 Å². The quantitative estimate of drug-likeness (QED) is 0.217. The Morgan fingerprint density at radius 2 is 1.68 bits per heavy atom. The molecule has 5 aromatic rings. The average molecular weight is 484 g/mol. The zero-order chi connectivity index (χ0) is 23.2. The fourth-order valence-electron chi connectivity index (χ4n) is 3.51. The number of anilines is 1. The molecule has 8 heteroatoms. The average Bonchev–Trinajstić information content (AvgIpc) is 3.56. The monoisotopic (exact) mass is 483 g/mol. The van der Waals surface area contributed by atoms with E-state index >= 15 is 0 Å². The SMILES string of the molecule is O=C(Nc1nnc(SCc2ccccc2)s1)c1ccccc1-c1ccc(Cn2cccn2)cc1. The van der Waals surface area contributed by atoms with Crippen LogP contribution in [0.25, 0.3) is 11.1 Å². The van der Waals surface area contributed by atoms with Crippen LogP contribution < -0.4 is 5.32 Å². The number of thioether (sulfide) groups is 1.